The number of anilines is 1. The fraction of sp³-hybridized carbons (Fsp3) is 0.444. The quantitative estimate of drug-likeness (QED) is 0.807. The second-order valence-electron chi connectivity index (χ2n) is 3.29. The molecule has 80 valence electrons. The van der Waals surface area contributed by atoms with E-state index in [1.807, 2.05) is 0 Å². The van der Waals surface area contributed by atoms with Crippen LogP contribution < -0.4 is 5.32 Å². The number of thiazole rings is 1. The lowest BCUT2D eigenvalue weighted by Gasteiger charge is -2.00. The molecule has 0 saturated carbocycles. The van der Waals surface area contributed by atoms with Gasteiger partial charge in [0.05, 0.1) is 6.54 Å². The Morgan fingerprint density at radius 3 is 3.00 bits per heavy atom. The molecule has 0 amide bonds. The van der Waals surface area contributed by atoms with E-state index < -0.39 is 0 Å². The van der Waals surface area contributed by atoms with Crippen molar-refractivity contribution in [1.29, 1.82) is 0 Å². The number of hydrogen-bond acceptors (Lipinski definition) is 6. The highest BCUT2D eigenvalue weighted by Crippen LogP contribution is 2.23. The summed E-state index contributed by atoms with van der Waals surface area (Å²) in [6.07, 6.45) is 0. The van der Waals surface area contributed by atoms with Crippen molar-refractivity contribution in [3.05, 3.63) is 11.1 Å². The van der Waals surface area contributed by atoms with E-state index in [2.05, 4.69) is 22.2 Å². The van der Waals surface area contributed by atoms with Gasteiger partial charge < -0.3 is 5.32 Å². The molecule has 0 spiro atoms. The molecule has 1 atom stereocenters. The van der Waals surface area contributed by atoms with Gasteiger partial charge in [-0.3, -0.25) is 9.79 Å². The summed E-state index contributed by atoms with van der Waals surface area (Å²) in [6, 6.07) is 0. The van der Waals surface area contributed by atoms with Crippen LogP contribution in [0.4, 0.5) is 5.13 Å². The van der Waals surface area contributed by atoms with Crippen molar-refractivity contribution in [3.63, 3.8) is 0 Å². The lowest BCUT2D eigenvalue weighted by molar-refractivity contribution is 0.101. The third kappa shape index (κ3) is 2.57. The Bertz CT molecular complexity index is 413. The van der Waals surface area contributed by atoms with E-state index in [1.165, 1.54) is 18.3 Å². The number of hydrogen-bond donors (Lipinski definition) is 1. The van der Waals surface area contributed by atoms with Gasteiger partial charge in [0.1, 0.15) is 5.69 Å². The van der Waals surface area contributed by atoms with Gasteiger partial charge in [-0.05, 0) is 0 Å². The highest BCUT2D eigenvalue weighted by atomic mass is 32.2. The third-order valence-electron chi connectivity index (χ3n) is 1.88. The maximum atomic E-state index is 11.0. The topological polar surface area (TPSA) is 54.4 Å². The van der Waals surface area contributed by atoms with E-state index in [9.17, 15) is 4.79 Å². The van der Waals surface area contributed by atoms with Gasteiger partial charge in [-0.15, -0.1) is 11.3 Å². The van der Waals surface area contributed by atoms with Crippen LogP contribution in [-0.4, -0.2) is 27.7 Å². The van der Waals surface area contributed by atoms with Crippen molar-refractivity contribution in [2.45, 2.75) is 19.1 Å². The largest absolute Gasteiger partial charge is 0.311 e. The van der Waals surface area contributed by atoms with Crippen molar-refractivity contribution in [2.24, 2.45) is 4.99 Å². The van der Waals surface area contributed by atoms with Gasteiger partial charge in [0.2, 0.25) is 0 Å². The number of ketones is 1. The van der Waals surface area contributed by atoms with Gasteiger partial charge in [0.25, 0.3) is 0 Å². The Morgan fingerprint density at radius 2 is 2.47 bits per heavy atom. The number of nitrogens with one attached hydrogen (secondary N) is 1. The average Bonchev–Trinajstić information content (AvgIpc) is 2.76. The fourth-order valence-electron chi connectivity index (χ4n) is 1.13. The fourth-order valence-corrected chi connectivity index (χ4v) is 2.78. The van der Waals surface area contributed by atoms with Gasteiger partial charge in [0, 0.05) is 17.6 Å². The summed E-state index contributed by atoms with van der Waals surface area (Å²) in [4.78, 5) is 19.5. The lowest BCUT2D eigenvalue weighted by Crippen LogP contribution is -2.06. The van der Waals surface area contributed by atoms with Crippen LogP contribution in [0, 0.1) is 0 Å². The summed E-state index contributed by atoms with van der Waals surface area (Å²) < 4.78 is 0. The van der Waals surface area contributed by atoms with Gasteiger partial charge in [-0.2, -0.15) is 0 Å². The Hall–Kier alpha value is -0.880. The Labute approximate surface area is 96.2 Å². The number of carbonyl (C=O) groups excluding carboxylic acids is 1. The maximum absolute atomic E-state index is 11.0. The second kappa shape index (κ2) is 4.32. The number of carbonyl (C=O) groups is 1. The third-order valence-corrected chi connectivity index (χ3v) is 3.65. The molecule has 1 unspecified atom stereocenters. The number of rotatable bonds is 2. The van der Waals surface area contributed by atoms with Crippen LogP contribution in [0.2, 0.25) is 0 Å². The minimum absolute atomic E-state index is 0.00585. The molecule has 0 aromatic carbocycles. The molecule has 6 heteroatoms. The minimum atomic E-state index is -0.00585. The Morgan fingerprint density at radius 1 is 1.67 bits per heavy atom. The minimum Gasteiger partial charge on any atom is -0.311 e. The van der Waals surface area contributed by atoms with Crippen LogP contribution >= 0.6 is 23.1 Å². The Kier molecular flexibility index (Phi) is 3.06. The first kappa shape index (κ1) is 10.6. The van der Waals surface area contributed by atoms with Crippen LogP contribution in [0.1, 0.15) is 24.3 Å². The van der Waals surface area contributed by atoms with Gasteiger partial charge >= 0.3 is 0 Å². The number of thioether (sulfide) groups is 1. The zero-order valence-electron chi connectivity index (χ0n) is 8.48. The molecule has 4 nitrogen and oxygen atoms in total. The predicted octanol–water partition coefficient (Wildman–Crippen LogP) is 2.25. The molecule has 15 heavy (non-hydrogen) atoms. The molecule has 0 bridgehead atoms. The molecule has 1 aliphatic rings. The van der Waals surface area contributed by atoms with E-state index in [4.69, 9.17) is 0 Å². The van der Waals surface area contributed by atoms with Crippen LogP contribution in [0.15, 0.2) is 10.4 Å². The smallest absolute Gasteiger partial charge is 0.189 e. The van der Waals surface area contributed by atoms with Crippen molar-refractivity contribution < 1.29 is 4.79 Å². The van der Waals surface area contributed by atoms with Gasteiger partial charge in [-0.1, -0.05) is 18.7 Å². The molecule has 0 aliphatic carbocycles. The molecule has 2 heterocycles. The molecule has 0 radical (unpaired) electrons. The molecule has 2 rings (SSSR count). The summed E-state index contributed by atoms with van der Waals surface area (Å²) in [5.41, 5.74) is 0.513. The molecule has 1 N–H and O–H groups in total. The standard InChI is InChI=1S/C9H11N3OS2/c1-5-3-10-8(15-5)12-9-11-7(4-14-9)6(2)13/h4-5H,3H2,1-2H3,(H,10,11,12). The SMILES string of the molecule is CC(=O)c1csc(NC2=NCC(C)S2)n1. The summed E-state index contributed by atoms with van der Waals surface area (Å²) in [5.74, 6) is -0.00585. The van der Waals surface area contributed by atoms with Crippen molar-refractivity contribution in [2.75, 3.05) is 11.9 Å². The van der Waals surface area contributed by atoms with Crippen molar-refractivity contribution >= 4 is 39.2 Å². The molecular weight excluding hydrogens is 230 g/mol. The highest BCUT2D eigenvalue weighted by molar-refractivity contribution is 8.15. The summed E-state index contributed by atoms with van der Waals surface area (Å²) in [7, 11) is 0. The molecule has 0 fully saturated rings. The molecule has 1 aromatic heterocycles. The first-order chi connectivity index (χ1) is 7.15. The predicted molar refractivity (Wildman–Crippen MR) is 65.1 cm³/mol. The number of amidine groups is 1. The first-order valence-corrected chi connectivity index (χ1v) is 6.35. The zero-order chi connectivity index (χ0) is 10.8. The van der Waals surface area contributed by atoms with E-state index >= 15 is 0 Å². The number of aliphatic imine (C=N–C) groups is 1. The zero-order valence-corrected chi connectivity index (χ0v) is 10.1. The summed E-state index contributed by atoms with van der Waals surface area (Å²) in [5, 5.41) is 7.03. The Balaban J connectivity index is 2.02. The average molecular weight is 241 g/mol. The van der Waals surface area contributed by atoms with Gasteiger partial charge in [0.15, 0.2) is 16.1 Å². The molecular formula is C9H11N3OS2. The monoisotopic (exact) mass is 241 g/mol. The van der Waals surface area contributed by atoms with Crippen LogP contribution in [-0.2, 0) is 0 Å². The van der Waals surface area contributed by atoms with E-state index in [1.54, 1.807) is 17.1 Å². The highest BCUT2D eigenvalue weighted by Gasteiger charge is 2.16. The molecule has 1 aromatic rings. The number of Topliss-reactive ketones (excluding diaryl/α,β-unsaturated/α-hetero) is 1. The van der Waals surface area contributed by atoms with Gasteiger partial charge in [-0.25, -0.2) is 4.98 Å². The van der Waals surface area contributed by atoms with Crippen molar-refractivity contribution in [3.8, 4) is 0 Å². The summed E-state index contributed by atoms with van der Waals surface area (Å²) in [6.45, 7) is 4.49. The van der Waals surface area contributed by atoms with E-state index in [0.717, 1.165) is 16.8 Å². The second-order valence-corrected chi connectivity index (χ2v) is 5.58. The normalized spacial score (nSPS) is 20.1. The van der Waals surface area contributed by atoms with Crippen LogP contribution in [0.25, 0.3) is 0 Å². The summed E-state index contributed by atoms with van der Waals surface area (Å²) >= 11 is 3.13. The van der Waals surface area contributed by atoms with Crippen LogP contribution in [0.5, 0.6) is 0 Å². The van der Waals surface area contributed by atoms with Crippen molar-refractivity contribution in [1.82, 2.24) is 4.98 Å². The van der Waals surface area contributed by atoms with E-state index in [0.29, 0.717) is 10.9 Å². The first-order valence-electron chi connectivity index (χ1n) is 4.60. The molecule has 0 saturated heterocycles. The number of nitrogens with zero attached hydrogens (tertiary/aromatic N) is 2. The maximum Gasteiger partial charge on any atom is 0.189 e. The van der Waals surface area contributed by atoms with E-state index in [-0.39, 0.29) is 5.78 Å². The number of aromatic nitrogens is 1. The van der Waals surface area contributed by atoms with Crippen LogP contribution in [0.3, 0.4) is 0 Å². The molecule has 1 aliphatic heterocycles. The lowest BCUT2D eigenvalue weighted by atomic mass is 10.4.